The molecule has 2 fully saturated rings. The molecule has 2 heterocycles. The second kappa shape index (κ2) is 8.34. The molecule has 2 aliphatic rings. The van der Waals surface area contributed by atoms with Crippen molar-refractivity contribution in [3.63, 3.8) is 0 Å². The summed E-state index contributed by atoms with van der Waals surface area (Å²) in [4.78, 5) is 7.67. The first-order valence-electron chi connectivity index (χ1n) is 8.74. The molecule has 23 heavy (non-hydrogen) atoms. The van der Waals surface area contributed by atoms with Gasteiger partial charge in [-0.2, -0.15) is 0 Å². The smallest absolute Gasteiger partial charge is 0.119 e. The molecule has 3 rings (SSSR count). The van der Waals surface area contributed by atoms with Crippen molar-refractivity contribution in [1.29, 1.82) is 0 Å². The minimum absolute atomic E-state index is 0.744. The monoisotopic (exact) mass is 337 g/mol. The maximum Gasteiger partial charge on any atom is 0.119 e. The number of hydrogen-bond donors (Lipinski definition) is 0. The summed E-state index contributed by atoms with van der Waals surface area (Å²) in [6.45, 7) is 8.94. The molecule has 0 N–H and O–H groups in total. The van der Waals surface area contributed by atoms with Crippen molar-refractivity contribution in [3.05, 3.63) is 29.3 Å². The average molecular weight is 338 g/mol. The van der Waals surface area contributed by atoms with Gasteiger partial charge in [-0.05, 0) is 50.7 Å². The molecule has 1 aromatic carbocycles. The summed E-state index contributed by atoms with van der Waals surface area (Å²) in [6.07, 6.45) is 2.71. The summed E-state index contributed by atoms with van der Waals surface area (Å²) in [6, 6.07) is 8.37. The minimum atomic E-state index is 0.744. The number of piperazine rings is 1. The van der Waals surface area contributed by atoms with Gasteiger partial charge in [-0.25, -0.2) is 0 Å². The van der Waals surface area contributed by atoms with Crippen LogP contribution in [-0.4, -0.2) is 80.2 Å². The highest BCUT2D eigenvalue weighted by molar-refractivity contribution is 6.30. The van der Waals surface area contributed by atoms with Gasteiger partial charge in [-0.15, -0.1) is 0 Å². The van der Waals surface area contributed by atoms with Crippen LogP contribution in [0.1, 0.15) is 12.8 Å². The third kappa shape index (κ3) is 5.08. The molecular weight excluding hydrogens is 310 g/mol. The molecule has 0 bridgehead atoms. The van der Waals surface area contributed by atoms with Crippen LogP contribution in [0.15, 0.2) is 24.3 Å². The molecule has 2 saturated heterocycles. The lowest BCUT2D eigenvalue weighted by molar-refractivity contribution is 0.0547. The quantitative estimate of drug-likeness (QED) is 0.821. The SMILES string of the molecule is CN1CCCC(N2CCN(CCOc3ccc(Cl)cc3)CC2)C1. The van der Waals surface area contributed by atoms with Crippen LogP contribution in [-0.2, 0) is 0 Å². The van der Waals surface area contributed by atoms with Gasteiger partial charge in [-0.3, -0.25) is 9.80 Å². The third-order valence-corrected chi connectivity index (χ3v) is 5.26. The van der Waals surface area contributed by atoms with Gasteiger partial charge in [0.1, 0.15) is 12.4 Å². The molecule has 0 saturated carbocycles. The van der Waals surface area contributed by atoms with Crippen molar-refractivity contribution in [3.8, 4) is 5.75 Å². The molecule has 2 aliphatic heterocycles. The van der Waals surface area contributed by atoms with Gasteiger partial charge in [0.05, 0.1) is 0 Å². The summed E-state index contributed by atoms with van der Waals surface area (Å²) in [5.74, 6) is 0.901. The zero-order chi connectivity index (χ0) is 16.1. The first-order valence-corrected chi connectivity index (χ1v) is 9.12. The zero-order valence-electron chi connectivity index (χ0n) is 14.1. The highest BCUT2D eigenvalue weighted by atomic mass is 35.5. The Kier molecular flexibility index (Phi) is 6.17. The van der Waals surface area contributed by atoms with Crippen LogP contribution in [0.3, 0.4) is 0 Å². The lowest BCUT2D eigenvalue weighted by atomic mass is 10.0. The van der Waals surface area contributed by atoms with E-state index in [1.54, 1.807) is 0 Å². The van der Waals surface area contributed by atoms with Crippen molar-refractivity contribution >= 4 is 11.6 Å². The predicted octanol–water partition coefficient (Wildman–Crippen LogP) is 2.43. The first kappa shape index (κ1) is 17.0. The Morgan fingerprint density at radius 1 is 1.09 bits per heavy atom. The van der Waals surface area contributed by atoms with Crippen molar-refractivity contribution in [2.45, 2.75) is 18.9 Å². The van der Waals surface area contributed by atoms with E-state index in [0.29, 0.717) is 0 Å². The molecule has 1 atom stereocenters. The standard InChI is InChI=1S/C18H28ClN3O/c1-20-8-2-3-17(15-20)22-11-9-21(10-12-22)13-14-23-18-6-4-16(19)5-7-18/h4-7,17H,2-3,8-15H2,1H3. The number of likely N-dealkylation sites (tertiary alicyclic amines) is 1. The molecule has 5 heteroatoms. The molecule has 0 aliphatic carbocycles. The molecule has 0 amide bonds. The van der Waals surface area contributed by atoms with Crippen LogP contribution in [0, 0.1) is 0 Å². The van der Waals surface area contributed by atoms with Gasteiger partial charge in [0, 0.05) is 50.3 Å². The van der Waals surface area contributed by atoms with E-state index in [1.807, 2.05) is 24.3 Å². The van der Waals surface area contributed by atoms with Crippen molar-refractivity contribution in [2.75, 3.05) is 59.5 Å². The molecular formula is C18H28ClN3O. The van der Waals surface area contributed by atoms with Crippen LogP contribution >= 0.6 is 11.6 Å². The number of halogens is 1. The van der Waals surface area contributed by atoms with Crippen molar-refractivity contribution < 1.29 is 4.74 Å². The number of benzene rings is 1. The Bertz CT molecular complexity index is 474. The van der Waals surface area contributed by atoms with E-state index >= 15 is 0 Å². The summed E-state index contributed by atoms with van der Waals surface area (Å²) in [5.41, 5.74) is 0. The Morgan fingerprint density at radius 2 is 1.83 bits per heavy atom. The van der Waals surface area contributed by atoms with Crippen LogP contribution in [0.2, 0.25) is 5.02 Å². The average Bonchev–Trinajstić information content (AvgIpc) is 2.57. The first-order chi connectivity index (χ1) is 11.2. The van der Waals surface area contributed by atoms with Gasteiger partial charge >= 0.3 is 0 Å². The lowest BCUT2D eigenvalue weighted by Gasteiger charge is -2.42. The Balaban J connectivity index is 1.35. The number of piperidine rings is 1. The van der Waals surface area contributed by atoms with Gasteiger partial charge in [-0.1, -0.05) is 11.6 Å². The molecule has 0 aromatic heterocycles. The van der Waals surface area contributed by atoms with E-state index in [2.05, 4.69) is 21.7 Å². The van der Waals surface area contributed by atoms with E-state index < -0.39 is 0 Å². The number of ether oxygens (including phenoxy) is 1. The fourth-order valence-electron chi connectivity index (χ4n) is 3.61. The second-order valence-electron chi connectivity index (χ2n) is 6.74. The number of hydrogen-bond acceptors (Lipinski definition) is 4. The topological polar surface area (TPSA) is 19.0 Å². The summed E-state index contributed by atoms with van der Waals surface area (Å²) >= 11 is 5.88. The highest BCUT2D eigenvalue weighted by Gasteiger charge is 2.26. The van der Waals surface area contributed by atoms with E-state index in [-0.39, 0.29) is 0 Å². The van der Waals surface area contributed by atoms with Crippen LogP contribution in [0.25, 0.3) is 0 Å². The summed E-state index contributed by atoms with van der Waals surface area (Å²) in [7, 11) is 2.25. The van der Waals surface area contributed by atoms with E-state index in [4.69, 9.17) is 16.3 Å². The van der Waals surface area contributed by atoms with E-state index in [1.165, 1.54) is 39.0 Å². The Morgan fingerprint density at radius 3 is 2.52 bits per heavy atom. The normalized spacial score (nSPS) is 24.7. The summed E-state index contributed by atoms with van der Waals surface area (Å²) < 4.78 is 5.80. The zero-order valence-corrected chi connectivity index (χ0v) is 14.8. The fourth-order valence-corrected chi connectivity index (χ4v) is 3.74. The Hall–Kier alpha value is -0.810. The molecule has 1 unspecified atom stereocenters. The van der Waals surface area contributed by atoms with Crippen LogP contribution in [0.4, 0.5) is 0 Å². The highest BCUT2D eigenvalue weighted by Crippen LogP contribution is 2.17. The minimum Gasteiger partial charge on any atom is -0.492 e. The molecule has 0 radical (unpaired) electrons. The molecule has 4 nitrogen and oxygen atoms in total. The number of nitrogens with zero attached hydrogens (tertiary/aromatic N) is 3. The van der Waals surface area contributed by atoms with Gasteiger partial charge < -0.3 is 9.64 Å². The molecule has 0 spiro atoms. The maximum atomic E-state index is 5.88. The maximum absolute atomic E-state index is 5.88. The second-order valence-corrected chi connectivity index (χ2v) is 7.17. The Labute approximate surface area is 144 Å². The van der Waals surface area contributed by atoms with Crippen molar-refractivity contribution in [1.82, 2.24) is 14.7 Å². The lowest BCUT2D eigenvalue weighted by Crippen LogP contribution is -2.54. The molecule has 128 valence electrons. The van der Waals surface area contributed by atoms with Crippen LogP contribution < -0.4 is 4.74 Å². The van der Waals surface area contributed by atoms with E-state index in [0.717, 1.165) is 43.1 Å². The fraction of sp³-hybridized carbons (Fsp3) is 0.667. The van der Waals surface area contributed by atoms with Gasteiger partial charge in [0.25, 0.3) is 0 Å². The van der Waals surface area contributed by atoms with Crippen LogP contribution in [0.5, 0.6) is 5.75 Å². The molecule has 1 aromatic rings. The predicted molar refractivity (Wildman–Crippen MR) is 95.5 cm³/mol. The summed E-state index contributed by atoms with van der Waals surface area (Å²) in [5, 5.41) is 0.752. The van der Waals surface area contributed by atoms with Crippen molar-refractivity contribution in [2.24, 2.45) is 0 Å². The largest absolute Gasteiger partial charge is 0.492 e. The number of likely N-dealkylation sites (N-methyl/N-ethyl adjacent to an activating group) is 1. The van der Waals surface area contributed by atoms with Gasteiger partial charge in [0.15, 0.2) is 0 Å². The van der Waals surface area contributed by atoms with Gasteiger partial charge in [0.2, 0.25) is 0 Å². The third-order valence-electron chi connectivity index (χ3n) is 5.01. The van der Waals surface area contributed by atoms with E-state index in [9.17, 15) is 0 Å². The number of rotatable bonds is 5.